The summed E-state index contributed by atoms with van der Waals surface area (Å²) >= 11 is 12.2. The molecule has 4 rings (SSSR count). The molecule has 4 aromatic rings. The van der Waals surface area contributed by atoms with Crippen LogP contribution in [0.1, 0.15) is 23.0 Å². The third-order valence-corrected chi connectivity index (χ3v) is 5.64. The van der Waals surface area contributed by atoms with Gasteiger partial charge in [-0.2, -0.15) is 5.10 Å². The molecule has 152 valence electrons. The molecule has 0 aliphatic heterocycles. The Morgan fingerprint density at radius 2 is 1.87 bits per heavy atom. The van der Waals surface area contributed by atoms with Gasteiger partial charge in [0.05, 0.1) is 27.8 Å². The van der Waals surface area contributed by atoms with Crippen LogP contribution in [0.4, 0.5) is 0 Å². The Morgan fingerprint density at radius 3 is 2.53 bits per heavy atom. The number of pyridine rings is 1. The van der Waals surface area contributed by atoms with Gasteiger partial charge in [0.2, 0.25) is 0 Å². The van der Waals surface area contributed by atoms with Crippen LogP contribution in [0.3, 0.4) is 0 Å². The molecule has 2 heterocycles. The van der Waals surface area contributed by atoms with Crippen molar-refractivity contribution in [2.75, 3.05) is 0 Å². The molecule has 0 fully saturated rings. The number of nitrogens with zero attached hydrogens (tertiary/aromatic N) is 3. The molecule has 0 radical (unpaired) electrons. The summed E-state index contributed by atoms with van der Waals surface area (Å²) in [6, 6.07) is 13.9. The minimum absolute atomic E-state index is 0.282. The summed E-state index contributed by atoms with van der Waals surface area (Å²) in [7, 11) is 0. The van der Waals surface area contributed by atoms with E-state index in [0.29, 0.717) is 35.1 Å². The lowest BCUT2D eigenvalue weighted by atomic mass is 10.0. The molecule has 6 nitrogen and oxygen atoms in total. The number of benzene rings is 2. The van der Waals surface area contributed by atoms with Crippen LogP contribution >= 0.6 is 23.2 Å². The van der Waals surface area contributed by atoms with Crippen molar-refractivity contribution in [1.82, 2.24) is 14.3 Å². The number of rotatable bonds is 5. The maximum atomic E-state index is 12.8. The molecule has 0 atom stereocenters. The topological polar surface area (TPSA) is 77.1 Å². The van der Waals surface area contributed by atoms with E-state index < -0.39 is 11.4 Å². The van der Waals surface area contributed by atoms with Crippen LogP contribution in [0.15, 0.2) is 59.5 Å². The highest BCUT2D eigenvalue weighted by Crippen LogP contribution is 2.30. The summed E-state index contributed by atoms with van der Waals surface area (Å²) in [6.45, 7) is 2.65. The molecule has 0 amide bonds. The smallest absolute Gasteiger partial charge is 0.341 e. The van der Waals surface area contributed by atoms with Gasteiger partial charge in [-0.15, -0.1) is 0 Å². The summed E-state index contributed by atoms with van der Waals surface area (Å²) < 4.78 is 3.54. The molecule has 0 unspecified atom stereocenters. The Morgan fingerprint density at radius 1 is 1.10 bits per heavy atom. The van der Waals surface area contributed by atoms with Crippen molar-refractivity contribution in [2.45, 2.75) is 20.0 Å². The molecule has 1 N–H and O–H groups in total. The lowest BCUT2D eigenvalue weighted by molar-refractivity contribution is 0.0695. The van der Waals surface area contributed by atoms with Gasteiger partial charge in [-0.05, 0) is 25.1 Å². The third-order valence-electron chi connectivity index (χ3n) is 4.91. The van der Waals surface area contributed by atoms with Crippen molar-refractivity contribution in [3.8, 4) is 11.3 Å². The van der Waals surface area contributed by atoms with Gasteiger partial charge in [-0.1, -0.05) is 47.5 Å². The summed E-state index contributed by atoms with van der Waals surface area (Å²) in [4.78, 5) is 24.7. The lowest BCUT2D eigenvalue weighted by Gasteiger charge is -2.20. The molecule has 8 heteroatoms. The predicted octanol–water partition coefficient (Wildman–Crippen LogP) is 4.94. The van der Waals surface area contributed by atoms with Crippen molar-refractivity contribution < 1.29 is 9.90 Å². The highest BCUT2D eigenvalue weighted by atomic mass is 35.5. The largest absolute Gasteiger partial charge is 0.477 e. The molecule has 0 aliphatic rings. The van der Waals surface area contributed by atoms with Crippen molar-refractivity contribution >= 4 is 40.1 Å². The summed E-state index contributed by atoms with van der Waals surface area (Å²) in [5.41, 5.74) is 1.41. The summed E-state index contributed by atoms with van der Waals surface area (Å²) in [5, 5.41) is 15.9. The van der Waals surface area contributed by atoms with Gasteiger partial charge in [0.25, 0.3) is 0 Å². The first kappa shape index (κ1) is 20.2. The lowest BCUT2D eigenvalue weighted by Crippen LogP contribution is -2.24. The second kappa shape index (κ2) is 7.97. The summed E-state index contributed by atoms with van der Waals surface area (Å²) in [6.07, 6.45) is 1.89. The van der Waals surface area contributed by atoms with E-state index in [1.165, 1.54) is 6.07 Å². The Balaban J connectivity index is 1.93. The van der Waals surface area contributed by atoms with Crippen molar-refractivity contribution in [3.05, 3.63) is 86.3 Å². The molecule has 0 aliphatic carbocycles. The van der Waals surface area contributed by atoms with Crippen molar-refractivity contribution in [3.63, 3.8) is 0 Å². The van der Waals surface area contributed by atoms with E-state index in [-0.39, 0.29) is 10.6 Å². The maximum absolute atomic E-state index is 12.8. The number of carboxylic acid groups (broad SMARTS) is 1. The van der Waals surface area contributed by atoms with Gasteiger partial charge in [0, 0.05) is 35.5 Å². The van der Waals surface area contributed by atoms with E-state index in [1.54, 1.807) is 27.4 Å². The standard InChI is InChI=1S/C22H17Cl2N3O3/c1-2-27-15(12-26-11-14-5-3-4-6-18(14)25-26)10-19(28)20(22(29)30)21(27)13-7-8-16(23)17(24)9-13/h3-11H,2,12H2,1H3,(H,29,30). The number of carboxylic acids is 1. The Hall–Kier alpha value is -3.09. The van der Waals surface area contributed by atoms with Crippen molar-refractivity contribution in [1.29, 1.82) is 0 Å². The van der Waals surface area contributed by atoms with E-state index in [0.717, 1.165) is 10.9 Å². The molecule has 2 aromatic heterocycles. The maximum Gasteiger partial charge on any atom is 0.341 e. The fourth-order valence-electron chi connectivity index (χ4n) is 3.60. The molecule has 0 saturated heterocycles. The van der Waals surface area contributed by atoms with E-state index in [9.17, 15) is 14.7 Å². The molecule has 0 saturated carbocycles. The van der Waals surface area contributed by atoms with E-state index >= 15 is 0 Å². The van der Waals surface area contributed by atoms with Gasteiger partial charge in [0.1, 0.15) is 5.56 Å². The fraction of sp³-hybridized carbons (Fsp3) is 0.136. The first-order valence-corrected chi connectivity index (χ1v) is 10.0. The van der Waals surface area contributed by atoms with Crippen LogP contribution < -0.4 is 5.43 Å². The third kappa shape index (κ3) is 3.60. The number of carbonyl (C=O) groups is 1. The van der Waals surface area contributed by atoms with Gasteiger partial charge >= 0.3 is 5.97 Å². The quantitative estimate of drug-likeness (QED) is 0.475. The number of hydrogen-bond acceptors (Lipinski definition) is 3. The molecule has 30 heavy (non-hydrogen) atoms. The summed E-state index contributed by atoms with van der Waals surface area (Å²) in [5.74, 6) is -1.29. The predicted molar refractivity (Wildman–Crippen MR) is 118 cm³/mol. The van der Waals surface area contributed by atoms with Gasteiger partial charge in [0.15, 0.2) is 5.43 Å². The second-order valence-electron chi connectivity index (χ2n) is 6.79. The fourth-order valence-corrected chi connectivity index (χ4v) is 3.90. The number of halogens is 2. The SMILES string of the molecule is CCn1c(Cn2cc3ccccc3n2)cc(=O)c(C(=O)O)c1-c1ccc(Cl)c(Cl)c1. The number of hydrogen-bond donors (Lipinski definition) is 1. The highest BCUT2D eigenvalue weighted by molar-refractivity contribution is 6.42. The molecular formula is C22H17Cl2N3O3. The number of fused-ring (bicyclic) bond motifs is 1. The average Bonchev–Trinajstić information content (AvgIpc) is 3.11. The minimum atomic E-state index is -1.29. The van der Waals surface area contributed by atoms with Crippen LogP contribution in [-0.4, -0.2) is 25.4 Å². The van der Waals surface area contributed by atoms with Gasteiger partial charge in [-0.3, -0.25) is 9.48 Å². The Kier molecular flexibility index (Phi) is 5.37. The van der Waals surface area contributed by atoms with Crippen LogP contribution in [0.25, 0.3) is 22.2 Å². The normalized spacial score (nSPS) is 11.2. The number of aromatic nitrogens is 3. The molecule has 2 aromatic carbocycles. The van der Waals surface area contributed by atoms with E-state index in [1.807, 2.05) is 37.4 Å². The van der Waals surface area contributed by atoms with E-state index in [4.69, 9.17) is 23.2 Å². The average molecular weight is 442 g/mol. The molecule has 0 bridgehead atoms. The first-order chi connectivity index (χ1) is 14.4. The Bertz CT molecular complexity index is 1310. The second-order valence-corrected chi connectivity index (χ2v) is 7.60. The monoisotopic (exact) mass is 441 g/mol. The highest BCUT2D eigenvalue weighted by Gasteiger charge is 2.22. The van der Waals surface area contributed by atoms with Crippen molar-refractivity contribution in [2.24, 2.45) is 0 Å². The first-order valence-electron chi connectivity index (χ1n) is 9.26. The van der Waals surface area contributed by atoms with Crippen LogP contribution in [0, 0.1) is 0 Å². The molecular weight excluding hydrogens is 425 g/mol. The zero-order valence-electron chi connectivity index (χ0n) is 16.0. The molecule has 0 spiro atoms. The van der Waals surface area contributed by atoms with E-state index in [2.05, 4.69) is 5.10 Å². The zero-order chi connectivity index (χ0) is 21.4. The number of aromatic carboxylic acids is 1. The zero-order valence-corrected chi connectivity index (χ0v) is 17.5. The Labute approximate surface area is 181 Å². The van der Waals surface area contributed by atoms with Crippen LogP contribution in [0.2, 0.25) is 10.0 Å². The minimum Gasteiger partial charge on any atom is -0.477 e. The van der Waals surface area contributed by atoms with Gasteiger partial charge in [-0.25, -0.2) is 4.79 Å². The van der Waals surface area contributed by atoms with Gasteiger partial charge < -0.3 is 9.67 Å². The van der Waals surface area contributed by atoms with Crippen LogP contribution in [-0.2, 0) is 13.1 Å². The van der Waals surface area contributed by atoms with Crippen LogP contribution in [0.5, 0.6) is 0 Å².